The van der Waals surface area contributed by atoms with Gasteiger partial charge in [0.15, 0.2) is 5.71 Å². The zero-order chi connectivity index (χ0) is 56.1. The Morgan fingerprint density at radius 1 is 0.821 bits per heavy atom. The van der Waals surface area contributed by atoms with Crippen LogP contribution in [0, 0.1) is 0 Å². The van der Waals surface area contributed by atoms with E-state index in [1.54, 1.807) is 19.3 Å². The lowest BCUT2D eigenvalue weighted by Gasteiger charge is -2.44. The molecule has 1 unspecified atom stereocenters. The van der Waals surface area contributed by atoms with E-state index in [-0.39, 0.29) is 50.6 Å². The smallest absolute Gasteiger partial charge is 0.333 e. The molecule has 1 fully saturated rings. The second kappa shape index (κ2) is 26.7. The maximum atomic E-state index is 12.9. The molecule has 4 aliphatic rings. The van der Waals surface area contributed by atoms with Crippen molar-refractivity contribution in [1.82, 2.24) is 5.06 Å². The van der Waals surface area contributed by atoms with Gasteiger partial charge in [-0.05, 0) is 76.0 Å². The zero-order valence-electron chi connectivity index (χ0n) is 44.8. The minimum Gasteiger partial charge on any atom is -0.744 e. The summed E-state index contributed by atoms with van der Waals surface area (Å²) in [6, 6.07) is 18.0. The van der Waals surface area contributed by atoms with Crippen LogP contribution in [0.2, 0.25) is 0 Å². The Morgan fingerprint density at radius 2 is 1.47 bits per heavy atom. The van der Waals surface area contributed by atoms with Crippen molar-refractivity contribution in [3.05, 3.63) is 125 Å². The van der Waals surface area contributed by atoms with Crippen LogP contribution in [-0.2, 0) is 68.6 Å². The van der Waals surface area contributed by atoms with Gasteiger partial charge >= 0.3 is 5.97 Å². The van der Waals surface area contributed by atoms with Crippen LogP contribution in [0.3, 0.4) is 0 Å². The number of allylic oxidation sites excluding steroid dienone is 8. The molecular formula is C57H69N3O16S2. The molecule has 1 N–H and O–H groups in total. The predicted octanol–water partition coefficient (Wildman–Crippen LogP) is 7.35. The quantitative estimate of drug-likeness (QED) is 0.0235. The van der Waals surface area contributed by atoms with Gasteiger partial charge in [0, 0.05) is 85.5 Å². The molecule has 3 aromatic rings. The fourth-order valence-electron chi connectivity index (χ4n) is 9.99. The number of carbonyl (C=O) groups is 3. The number of benzene rings is 3. The summed E-state index contributed by atoms with van der Waals surface area (Å²) < 4.78 is 107. The number of fused-ring (bicyclic) bond motifs is 3. The summed E-state index contributed by atoms with van der Waals surface area (Å²) in [6.45, 7) is 13.2. The highest BCUT2D eigenvalue weighted by Gasteiger charge is 2.48. The molecule has 3 aromatic carbocycles. The molecule has 0 saturated carbocycles. The van der Waals surface area contributed by atoms with Crippen LogP contribution in [0.1, 0.15) is 88.5 Å². The summed E-state index contributed by atoms with van der Waals surface area (Å²) in [5.41, 5.74) is 5.86. The van der Waals surface area contributed by atoms with Crippen LogP contribution in [-0.4, -0.2) is 150 Å². The maximum Gasteiger partial charge on any atom is 0.333 e. The van der Waals surface area contributed by atoms with Gasteiger partial charge in [-0.1, -0.05) is 60.7 Å². The molecule has 7 rings (SSSR count). The molecule has 4 heterocycles. The fraction of sp³-hybridized carbons (Fsp3) is 0.439. The zero-order valence-corrected chi connectivity index (χ0v) is 46.4. The first-order valence-corrected chi connectivity index (χ1v) is 28.9. The number of anilines is 1. The third-order valence-electron chi connectivity index (χ3n) is 13.8. The van der Waals surface area contributed by atoms with Crippen LogP contribution >= 0.6 is 0 Å². The van der Waals surface area contributed by atoms with Crippen molar-refractivity contribution in [3.63, 3.8) is 0 Å². The predicted molar refractivity (Wildman–Crippen MR) is 292 cm³/mol. The van der Waals surface area contributed by atoms with Gasteiger partial charge in [0.1, 0.15) is 28.2 Å². The fourth-order valence-corrected chi connectivity index (χ4v) is 11.0. The number of methoxy groups -OCH3 is 1. The number of imide groups is 1. The maximum absolute atomic E-state index is 12.9. The average molecular weight is 1120 g/mol. The van der Waals surface area contributed by atoms with Crippen LogP contribution in [0.15, 0.2) is 108 Å². The van der Waals surface area contributed by atoms with E-state index in [0.29, 0.717) is 99.5 Å². The number of hydrogen-bond acceptors (Lipinski definition) is 16. The number of rotatable bonds is 29. The Morgan fingerprint density at radius 3 is 2.12 bits per heavy atom. The van der Waals surface area contributed by atoms with Crippen LogP contribution < -0.4 is 9.64 Å². The lowest BCUT2D eigenvalue weighted by Crippen LogP contribution is -2.46. The number of nitrogens with zero attached hydrogens (tertiary/aromatic N) is 3. The number of amides is 2. The van der Waals surface area contributed by atoms with Crippen molar-refractivity contribution in [3.8, 4) is 5.75 Å². The van der Waals surface area contributed by atoms with E-state index < -0.39 is 54.1 Å². The van der Waals surface area contributed by atoms with Gasteiger partial charge in [-0.15, -0.1) is 5.06 Å². The van der Waals surface area contributed by atoms with Crippen molar-refractivity contribution in [1.29, 1.82) is 0 Å². The molecule has 4 aliphatic heterocycles. The summed E-state index contributed by atoms with van der Waals surface area (Å²) in [5.74, 6) is -1.31. The summed E-state index contributed by atoms with van der Waals surface area (Å²) in [5, 5.41) is 0.471. The highest BCUT2D eigenvalue weighted by Crippen LogP contribution is 2.47. The van der Waals surface area contributed by atoms with E-state index in [1.165, 1.54) is 18.2 Å². The molecule has 0 radical (unpaired) electrons. The summed E-state index contributed by atoms with van der Waals surface area (Å²) >= 11 is 0. The lowest BCUT2D eigenvalue weighted by atomic mass is 9.75. The van der Waals surface area contributed by atoms with Crippen LogP contribution in [0.25, 0.3) is 16.9 Å². The molecule has 0 aliphatic carbocycles. The molecule has 2 amide bonds. The first kappa shape index (κ1) is 59.5. The first-order valence-electron chi connectivity index (χ1n) is 25.9. The van der Waals surface area contributed by atoms with E-state index in [2.05, 4.69) is 43.9 Å². The molecule has 0 spiro atoms. The Kier molecular flexibility index (Phi) is 20.4. The van der Waals surface area contributed by atoms with Crippen LogP contribution in [0.5, 0.6) is 5.75 Å². The van der Waals surface area contributed by atoms with Crippen molar-refractivity contribution >= 4 is 72.0 Å². The Labute approximate surface area is 456 Å². The van der Waals surface area contributed by atoms with Gasteiger partial charge < -0.3 is 42.7 Å². The molecule has 0 bridgehead atoms. The Bertz CT molecular complexity index is 3090. The number of ether oxygens (including phenoxy) is 6. The molecule has 420 valence electrons. The van der Waals surface area contributed by atoms with Crippen LogP contribution in [0.4, 0.5) is 11.4 Å². The monoisotopic (exact) mass is 1120 g/mol. The van der Waals surface area contributed by atoms with Gasteiger partial charge in [-0.25, -0.2) is 13.2 Å². The highest BCUT2D eigenvalue weighted by molar-refractivity contribution is 7.86. The second-order valence-corrected chi connectivity index (χ2v) is 22.8. The summed E-state index contributed by atoms with van der Waals surface area (Å²) in [4.78, 5) is 44.2. The molecule has 1 saturated heterocycles. The Balaban J connectivity index is 1.13. The van der Waals surface area contributed by atoms with E-state index >= 15 is 0 Å². The largest absolute Gasteiger partial charge is 0.744 e. The molecule has 21 heteroatoms. The third kappa shape index (κ3) is 15.4. The minimum atomic E-state index is -4.92. The van der Waals surface area contributed by atoms with Gasteiger partial charge in [-0.2, -0.15) is 13.0 Å². The third-order valence-corrected chi connectivity index (χ3v) is 15.4. The summed E-state index contributed by atoms with van der Waals surface area (Å²) in [7, 11) is -7.63. The number of hydroxylamine groups is 2. The highest BCUT2D eigenvalue weighted by atomic mass is 32.2. The normalized spacial score (nSPS) is 18.7. The standard InChI is InChI=1S/C57H69N3O16S2/c1-41-40-56(2,3)59(25-26-71-29-30-73-33-34-74-32-31-72-28-27-70-5)49-39-51-46(38-45(41)49)43(36-50(75-51)42-14-8-6-9-15-42)16-10-7-11-17-52-57(4,23-12-18-55(63)76-60-53(61)21-22-54(60)62)47-37-44(78(67,68)69)19-20-48(47)58(52)24-13-35-77(64,65)66/h6-11,14-17,19-20,36-40H,12-13,18,21-35H2,1-5H3,(H-,64,65,66,67,68,69). The van der Waals surface area contributed by atoms with Gasteiger partial charge in [0.2, 0.25) is 5.69 Å². The van der Waals surface area contributed by atoms with Crippen molar-refractivity contribution in [2.75, 3.05) is 90.3 Å². The number of carbonyl (C=O) groups excluding carboxylic acids is 3. The second-order valence-electron chi connectivity index (χ2n) is 19.8. The van der Waals surface area contributed by atoms with E-state index in [9.17, 15) is 40.3 Å². The first-order chi connectivity index (χ1) is 37.2. The van der Waals surface area contributed by atoms with Gasteiger partial charge in [0.25, 0.3) is 21.9 Å². The van der Waals surface area contributed by atoms with Gasteiger partial charge in [0.05, 0.1) is 81.1 Å². The SMILES string of the molecule is COCCOCCOCCOCCOCCN1c2cc3c(cc2C(C)=CC1(C)C)/C(=C/C=C/C=C/C1=[N+](CCCS(=O)(=O)O)c2ccc(S(=O)(=O)[O-])cc2C1(C)CCCC(=O)ON1C(=O)CCC1=O)C=C(c1ccccc1)O3. The minimum absolute atomic E-state index is 0.0151. The van der Waals surface area contributed by atoms with Crippen molar-refractivity contribution in [2.45, 2.75) is 82.1 Å². The molecule has 0 aromatic heterocycles. The van der Waals surface area contributed by atoms with E-state index in [0.717, 1.165) is 33.5 Å². The molecular weight excluding hydrogens is 1050 g/mol. The summed E-state index contributed by atoms with van der Waals surface area (Å²) in [6.07, 6.45) is 13.4. The average Bonchev–Trinajstić information content (AvgIpc) is 4.04. The molecule has 1 atom stereocenters. The number of hydrogen-bond donors (Lipinski definition) is 1. The lowest BCUT2D eigenvalue weighted by molar-refractivity contribution is -0.437. The molecule has 19 nitrogen and oxygen atoms in total. The Hall–Kier alpha value is -6.14. The van der Waals surface area contributed by atoms with Gasteiger partial charge in [-0.3, -0.25) is 14.1 Å². The van der Waals surface area contributed by atoms with Crippen molar-refractivity contribution in [2.24, 2.45) is 0 Å². The topological polar surface area (TPSA) is 237 Å². The molecule has 78 heavy (non-hydrogen) atoms. The van der Waals surface area contributed by atoms with E-state index in [1.807, 2.05) is 66.1 Å². The van der Waals surface area contributed by atoms with E-state index in [4.69, 9.17) is 33.3 Å². The van der Waals surface area contributed by atoms with Crippen molar-refractivity contribution < 1.29 is 78.2 Å².